The van der Waals surface area contributed by atoms with Crippen molar-refractivity contribution in [1.82, 2.24) is 5.32 Å². The van der Waals surface area contributed by atoms with Crippen molar-refractivity contribution >= 4 is 11.8 Å². The Labute approximate surface area is 111 Å². The quantitative estimate of drug-likeness (QED) is 0.808. The minimum absolute atomic E-state index is 0.0478. The molecule has 1 aromatic rings. The average molecular weight is 264 g/mol. The van der Waals surface area contributed by atoms with Crippen LogP contribution in [0.15, 0.2) is 24.3 Å². The summed E-state index contributed by atoms with van der Waals surface area (Å²) in [7, 11) is 0. The SMILES string of the molecule is NC(=O)[C@@H](CC1CC1)NC(=O)Cc1cccc(F)c1. The molecule has 1 saturated carbocycles. The summed E-state index contributed by atoms with van der Waals surface area (Å²) in [5.74, 6) is -0.712. The van der Waals surface area contributed by atoms with Crippen molar-refractivity contribution in [3.63, 3.8) is 0 Å². The lowest BCUT2D eigenvalue weighted by atomic mass is 10.1. The predicted molar refractivity (Wildman–Crippen MR) is 68.6 cm³/mol. The maximum atomic E-state index is 13.0. The van der Waals surface area contributed by atoms with Crippen molar-refractivity contribution in [3.8, 4) is 0 Å². The predicted octanol–water partition coefficient (Wildman–Crippen LogP) is 1.14. The number of carbonyl (C=O) groups is 2. The second-order valence-corrected chi connectivity index (χ2v) is 5.01. The van der Waals surface area contributed by atoms with Crippen LogP contribution in [0.4, 0.5) is 4.39 Å². The fourth-order valence-electron chi connectivity index (χ4n) is 2.01. The molecule has 2 rings (SSSR count). The lowest BCUT2D eigenvalue weighted by molar-refractivity contribution is -0.127. The Morgan fingerprint density at radius 3 is 2.74 bits per heavy atom. The van der Waals surface area contributed by atoms with E-state index in [9.17, 15) is 14.0 Å². The highest BCUT2D eigenvalue weighted by molar-refractivity contribution is 5.87. The number of primary amides is 1. The van der Waals surface area contributed by atoms with Crippen LogP contribution in [-0.2, 0) is 16.0 Å². The van der Waals surface area contributed by atoms with Gasteiger partial charge in [-0.3, -0.25) is 9.59 Å². The van der Waals surface area contributed by atoms with E-state index in [1.165, 1.54) is 12.1 Å². The molecule has 102 valence electrons. The van der Waals surface area contributed by atoms with E-state index in [0.717, 1.165) is 12.8 Å². The molecule has 0 radical (unpaired) electrons. The van der Waals surface area contributed by atoms with Gasteiger partial charge in [-0.05, 0) is 30.0 Å². The maximum absolute atomic E-state index is 13.0. The van der Waals surface area contributed by atoms with Crippen LogP contribution in [-0.4, -0.2) is 17.9 Å². The van der Waals surface area contributed by atoms with Crippen LogP contribution in [0.3, 0.4) is 0 Å². The fourth-order valence-corrected chi connectivity index (χ4v) is 2.01. The third-order valence-corrected chi connectivity index (χ3v) is 3.20. The van der Waals surface area contributed by atoms with Crippen LogP contribution in [0.1, 0.15) is 24.8 Å². The first-order valence-electron chi connectivity index (χ1n) is 6.37. The number of nitrogens with one attached hydrogen (secondary N) is 1. The number of rotatable bonds is 6. The summed E-state index contributed by atoms with van der Waals surface area (Å²) in [6.07, 6.45) is 2.82. The van der Waals surface area contributed by atoms with E-state index in [-0.39, 0.29) is 18.1 Å². The number of benzene rings is 1. The third kappa shape index (κ3) is 4.35. The molecule has 1 aliphatic carbocycles. The number of hydrogen-bond acceptors (Lipinski definition) is 2. The van der Waals surface area contributed by atoms with Gasteiger partial charge in [0.05, 0.1) is 6.42 Å². The molecule has 5 heteroatoms. The van der Waals surface area contributed by atoms with E-state index >= 15 is 0 Å². The summed E-state index contributed by atoms with van der Waals surface area (Å²) >= 11 is 0. The summed E-state index contributed by atoms with van der Waals surface area (Å²) in [6.45, 7) is 0. The number of nitrogens with two attached hydrogens (primary N) is 1. The molecule has 4 nitrogen and oxygen atoms in total. The van der Waals surface area contributed by atoms with Gasteiger partial charge in [-0.2, -0.15) is 0 Å². The standard InChI is InChI=1S/C14H17FN2O2/c15-11-3-1-2-10(6-11)8-13(18)17-12(14(16)19)7-9-4-5-9/h1-3,6,9,12H,4-5,7-8H2,(H2,16,19)(H,17,18)/t12-/m1/s1. The summed E-state index contributed by atoms with van der Waals surface area (Å²) in [4.78, 5) is 23.1. The molecular weight excluding hydrogens is 247 g/mol. The monoisotopic (exact) mass is 264 g/mol. The van der Waals surface area contributed by atoms with E-state index in [1.807, 2.05) is 0 Å². The Morgan fingerprint density at radius 1 is 1.42 bits per heavy atom. The summed E-state index contributed by atoms with van der Waals surface area (Å²) in [5.41, 5.74) is 5.84. The molecule has 0 heterocycles. The Bertz CT molecular complexity index is 486. The van der Waals surface area contributed by atoms with Crippen LogP contribution >= 0.6 is 0 Å². The number of hydrogen-bond donors (Lipinski definition) is 2. The highest BCUT2D eigenvalue weighted by atomic mass is 19.1. The molecule has 0 aliphatic heterocycles. The second-order valence-electron chi connectivity index (χ2n) is 5.01. The minimum Gasteiger partial charge on any atom is -0.368 e. The van der Waals surface area contributed by atoms with E-state index in [1.54, 1.807) is 12.1 Å². The Hall–Kier alpha value is -1.91. The smallest absolute Gasteiger partial charge is 0.240 e. The molecule has 1 atom stereocenters. The first-order valence-corrected chi connectivity index (χ1v) is 6.37. The van der Waals surface area contributed by atoms with Gasteiger partial charge >= 0.3 is 0 Å². The molecule has 0 bridgehead atoms. The minimum atomic E-state index is -0.617. The van der Waals surface area contributed by atoms with Crippen LogP contribution in [0.5, 0.6) is 0 Å². The van der Waals surface area contributed by atoms with E-state index < -0.39 is 11.9 Å². The summed E-state index contributed by atoms with van der Waals surface area (Å²) in [6, 6.07) is 5.23. The Balaban J connectivity index is 1.89. The van der Waals surface area contributed by atoms with Crippen LogP contribution in [0.25, 0.3) is 0 Å². The summed E-state index contributed by atoms with van der Waals surface area (Å²) in [5, 5.41) is 2.62. The van der Waals surface area contributed by atoms with Crippen molar-refractivity contribution in [3.05, 3.63) is 35.6 Å². The molecule has 0 aromatic heterocycles. The second kappa shape index (κ2) is 5.82. The molecule has 1 fully saturated rings. The van der Waals surface area contributed by atoms with Crippen LogP contribution < -0.4 is 11.1 Å². The Kier molecular flexibility index (Phi) is 4.14. The first-order chi connectivity index (χ1) is 9.04. The van der Waals surface area contributed by atoms with Gasteiger partial charge in [0.25, 0.3) is 0 Å². The zero-order valence-electron chi connectivity index (χ0n) is 10.6. The first kappa shape index (κ1) is 13.5. The normalized spacial score (nSPS) is 15.8. The topological polar surface area (TPSA) is 72.2 Å². The molecule has 0 unspecified atom stereocenters. The van der Waals surface area contributed by atoms with Gasteiger partial charge in [-0.25, -0.2) is 4.39 Å². The van der Waals surface area contributed by atoms with Gasteiger partial charge in [0, 0.05) is 0 Å². The third-order valence-electron chi connectivity index (χ3n) is 3.20. The molecule has 3 N–H and O–H groups in total. The fraction of sp³-hybridized carbons (Fsp3) is 0.429. The number of carbonyl (C=O) groups excluding carboxylic acids is 2. The van der Waals surface area contributed by atoms with Crippen molar-refractivity contribution in [2.45, 2.75) is 31.7 Å². The van der Waals surface area contributed by atoms with Crippen molar-refractivity contribution in [2.24, 2.45) is 11.7 Å². The number of halogens is 1. The molecular formula is C14H17FN2O2. The Morgan fingerprint density at radius 2 is 2.16 bits per heavy atom. The molecule has 1 aromatic carbocycles. The van der Waals surface area contributed by atoms with Gasteiger partial charge in [-0.1, -0.05) is 25.0 Å². The van der Waals surface area contributed by atoms with Crippen molar-refractivity contribution in [1.29, 1.82) is 0 Å². The van der Waals surface area contributed by atoms with E-state index in [4.69, 9.17) is 5.73 Å². The van der Waals surface area contributed by atoms with Crippen LogP contribution in [0, 0.1) is 11.7 Å². The average Bonchev–Trinajstić information content (AvgIpc) is 3.11. The lowest BCUT2D eigenvalue weighted by Crippen LogP contribution is -2.45. The van der Waals surface area contributed by atoms with Gasteiger partial charge in [0.2, 0.25) is 11.8 Å². The maximum Gasteiger partial charge on any atom is 0.240 e. The zero-order valence-corrected chi connectivity index (χ0v) is 10.6. The van der Waals surface area contributed by atoms with E-state index in [0.29, 0.717) is 17.9 Å². The molecule has 0 saturated heterocycles. The van der Waals surface area contributed by atoms with Gasteiger partial charge in [0.15, 0.2) is 0 Å². The zero-order chi connectivity index (χ0) is 13.8. The van der Waals surface area contributed by atoms with Crippen molar-refractivity contribution in [2.75, 3.05) is 0 Å². The van der Waals surface area contributed by atoms with Crippen molar-refractivity contribution < 1.29 is 14.0 Å². The van der Waals surface area contributed by atoms with Gasteiger partial charge in [0.1, 0.15) is 11.9 Å². The molecule has 2 amide bonds. The summed E-state index contributed by atoms with van der Waals surface area (Å²) < 4.78 is 13.0. The largest absolute Gasteiger partial charge is 0.368 e. The van der Waals surface area contributed by atoms with Gasteiger partial charge in [-0.15, -0.1) is 0 Å². The number of amides is 2. The highest BCUT2D eigenvalue weighted by Crippen LogP contribution is 2.33. The highest BCUT2D eigenvalue weighted by Gasteiger charge is 2.29. The lowest BCUT2D eigenvalue weighted by Gasteiger charge is -2.15. The van der Waals surface area contributed by atoms with Crippen LogP contribution in [0.2, 0.25) is 0 Å². The van der Waals surface area contributed by atoms with Gasteiger partial charge < -0.3 is 11.1 Å². The molecule has 1 aliphatic rings. The molecule has 0 spiro atoms. The molecule has 19 heavy (non-hydrogen) atoms. The van der Waals surface area contributed by atoms with E-state index in [2.05, 4.69) is 5.32 Å².